The van der Waals surface area contributed by atoms with E-state index >= 15 is 0 Å². The van der Waals surface area contributed by atoms with Gasteiger partial charge in [0.15, 0.2) is 0 Å². The number of ether oxygens (including phenoxy) is 2. The van der Waals surface area contributed by atoms with Crippen molar-refractivity contribution in [2.45, 2.75) is 25.3 Å². The minimum atomic E-state index is -1.06. The lowest BCUT2D eigenvalue weighted by molar-refractivity contribution is 0.0687. The van der Waals surface area contributed by atoms with Crippen LogP contribution >= 0.6 is 22.9 Å². The number of benzene rings is 1. The first kappa shape index (κ1) is 24.6. The zero-order valence-electron chi connectivity index (χ0n) is 20.0. The van der Waals surface area contributed by atoms with Crippen LogP contribution in [0.3, 0.4) is 0 Å². The van der Waals surface area contributed by atoms with Crippen molar-refractivity contribution in [3.8, 4) is 11.5 Å². The number of pyridine rings is 1. The van der Waals surface area contributed by atoms with Gasteiger partial charge in [-0.1, -0.05) is 17.7 Å². The van der Waals surface area contributed by atoms with Crippen LogP contribution in [0.5, 0.6) is 11.5 Å². The fourth-order valence-electron chi connectivity index (χ4n) is 4.96. The highest BCUT2D eigenvalue weighted by atomic mass is 35.5. The summed E-state index contributed by atoms with van der Waals surface area (Å²) >= 11 is 7.75. The number of carboxylic acids is 1. The number of thiophene rings is 1. The number of fused-ring (bicyclic) bond motifs is 1. The van der Waals surface area contributed by atoms with Crippen LogP contribution in [0.25, 0.3) is 11.0 Å². The van der Waals surface area contributed by atoms with Crippen LogP contribution in [0.15, 0.2) is 54.9 Å². The molecule has 1 N–H and O–H groups in total. The Morgan fingerprint density at radius 3 is 2.69 bits per heavy atom. The normalized spacial score (nSPS) is 14.8. The molecule has 3 aromatic heterocycles. The molecule has 1 saturated heterocycles. The Labute approximate surface area is 218 Å². The molecule has 1 aromatic carbocycles. The van der Waals surface area contributed by atoms with E-state index in [-0.39, 0.29) is 5.56 Å². The van der Waals surface area contributed by atoms with E-state index in [1.54, 1.807) is 29.5 Å². The molecule has 9 heteroatoms. The monoisotopic (exact) mass is 525 g/mol. The zero-order valence-corrected chi connectivity index (χ0v) is 21.6. The molecule has 0 aliphatic carbocycles. The number of hydrogen-bond acceptors (Lipinski definition) is 6. The van der Waals surface area contributed by atoms with Gasteiger partial charge >= 0.3 is 5.97 Å². The van der Waals surface area contributed by atoms with E-state index in [9.17, 15) is 9.90 Å². The predicted molar refractivity (Wildman–Crippen MR) is 142 cm³/mol. The number of likely N-dealkylation sites (tertiary alicyclic amines) is 1. The maximum atomic E-state index is 11.7. The second kappa shape index (κ2) is 10.9. The standard InChI is InChI=1S/C27H28ClN3O4S/c1-34-22-5-2-6-23(25(22)27(32)33)35-15-14-30-12-9-18(10-13-30)21-17-31(16-19-7-8-24(28)36-19)26-20(21)4-3-11-29-26/h2-8,11,17-18H,9-10,12-16H2,1H3,(H,32,33). The van der Waals surface area contributed by atoms with E-state index in [0.717, 1.165) is 49.0 Å². The largest absolute Gasteiger partial charge is 0.496 e. The van der Waals surface area contributed by atoms with Crippen molar-refractivity contribution in [1.29, 1.82) is 0 Å². The molecule has 0 saturated carbocycles. The van der Waals surface area contributed by atoms with Gasteiger partial charge in [-0.15, -0.1) is 11.3 Å². The Balaban J connectivity index is 1.21. The van der Waals surface area contributed by atoms with Crippen molar-refractivity contribution >= 4 is 39.9 Å². The number of carbonyl (C=O) groups is 1. The molecule has 4 aromatic rings. The van der Waals surface area contributed by atoms with E-state index < -0.39 is 5.97 Å². The molecule has 0 unspecified atom stereocenters. The Bertz CT molecular complexity index is 1360. The van der Waals surface area contributed by atoms with Crippen LogP contribution in [0.4, 0.5) is 0 Å². The lowest BCUT2D eigenvalue weighted by atomic mass is 9.89. The van der Waals surface area contributed by atoms with E-state index in [1.165, 1.54) is 22.9 Å². The molecule has 1 aliphatic heterocycles. The molecule has 0 bridgehead atoms. The number of aromatic carboxylic acids is 1. The van der Waals surface area contributed by atoms with Crippen LogP contribution in [-0.2, 0) is 6.54 Å². The van der Waals surface area contributed by atoms with Crippen LogP contribution in [0.2, 0.25) is 4.34 Å². The molecule has 1 aliphatic rings. The highest BCUT2D eigenvalue weighted by Crippen LogP contribution is 2.35. The number of methoxy groups -OCH3 is 1. The summed E-state index contributed by atoms with van der Waals surface area (Å²) in [6.07, 6.45) is 6.23. The lowest BCUT2D eigenvalue weighted by Gasteiger charge is -2.31. The Morgan fingerprint density at radius 1 is 1.17 bits per heavy atom. The summed E-state index contributed by atoms with van der Waals surface area (Å²) in [4.78, 5) is 19.9. The molecule has 0 spiro atoms. The Hall–Kier alpha value is -3.07. The quantitative estimate of drug-likeness (QED) is 0.299. The van der Waals surface area contributed by atoms with Gasteiger partial charge < -0.3 is 19.1 Å². The van der Waals surface area contributed by atoms with Gasteiger partial charge in [-0.25, -0.2) is 9.78 Å². The summed E-state index contributed by atoms with van der Waals surface area (Å²) in [6.45, 7) is 3.86. The first-order chi connectivity index (χ1) is 17.5. The fraction of sp³-hybridized carbons (Fsp3) is 0.333. The maximum Gasteiger partial charge on any atom is 0.343 e. The third-order valence-corrected chi connectivity index (χ3v) is 7.95. The first-order valence-electron chi connectivity index (χ1n) is 12.0. The molecule has 1 fully saturated rings. The van der Waals surface area contributed by atoms with Gasteiger partial charge in [0, 0.05) is 29.2 Å². The second-order valence-electron chi connectivity index (χ2n) is 8.90. The molecule has 0 atom stereocenters. The molecule has 188 valence electrons. The zero-order chi connectivity index (χ0) is 25.1. The Kier molecular flexibility index (Phi) is 7.46. The summed E-state index contributed by atoms with van der Waals surface area (Å²) in [5, 5.41) is 10.8. The number of nitrogens with zero attached hydrogens (tertiary/aromatic N) is 3. The van der Waals surface area contributed by atoms with E-state index in [2.05, 4.69) is 32.8 Å². The van der Waals surface area contributed by atoms with Gasteiger partial charge in [0.05, 0.1) is 18.0 Å². The van der Waals surface area contributed by atoms with Crippen molar-refractivity contribution in [1.82, 2.24) is 14.5 Å². The molecular weight excluding hydrogens is 498 g/mol. The average molecular weight is 526 g/mol. The van der Waals surface area contributed by atoms with Crippen LogP contribution in [-0.4, -0.2) is 58.9 Å². The first-order valence-corrected chi connectivity index (χ1v) is 13.2. The van der Waals surface area contributed by atoms with Crippen LogP contribution < -0.4 is 9.47 Å². The number of carboxylic acid groups (broad SMARTS) is 1. The number of rotatable bonds is 9. The van der Waals surface area contributed by atoms with E-state index in [0.29, 0.717) is 24.0 Å². The van der Waals surface area contributed by atoms with Gasteiger partial charge in [-0.3, -0.25) is 4.90 Å². The Morgan fingerprint density at radius 2 is 1.97 bits per heavy atom. The van der Waals surface area contributed by atoms with E-state index in [4.69, 9.17) is 21.1 Å². The number of hydrogen-bond donors (Lipinski definition) is 1. The van der Waals surface area contributed by atoms with Gasteiger partial charge in [0.25, 0.3) is 0 Å². The highest BCUT2D eigenvalue weighted by molar-refractivity contribution is 7.16. The van der Waals surface area contributed by atoms with Gasteiger partial charge in [-0.2, -0.15) is 0 Å². The third-order valence-electron chi connectivity index (χ3n) is 6.73. The van der Waals surface area contributed by atoms with Crippen molar-refractivity contribution in [3.63, 3.8) is 0 Å². The van der Waals surface area contributed by atoms with Crippen LogP contribution in [0, 0.1) is 0 Å². The number of piperidine rings is 1. The summed E-state index contributed by atoms with van der Waals surface area (Å²) < 4.78 is 14.1. The lowest BCUT2D eigenvalue weighted by Crippen LogP contribution is -2.35. The highest BCUT2D eigenvalue weighted by Gasteiger charge is 2.25. The predicted octanol–water partition coefficient (Wildman–Crippen LogP) is 5.76. The molecule has 0 radical (unpaired) electrons. The number of aromatic nitrogens is 2. The van der Waals surface area contributed by atoms with Gasteiger partial charge in [0.2, 0.25) is 0 Å². The summed E-state index contributed by atoms with van der Waals surface area (Å²) in [7, 11) is 1.46. The van der Waals surface area contributed by atoms with Gasteiger partial charge in [-0.05, 0) is 73.8 Å². The fourth-order valence-corrected chi connectivity index (χ4v) is 6.05. The molecule has 7 nitrogen and oxygen atoms in total. The molecule has 5 rings (SSSR count). The van der Waals surface area contributed by atoms with E-state index in [1.807, 2.05) is 18.3 Å². The summed E-state index contributed by atoms with van der Waals surface area (Å²) in [6, 6.07) is 13.2. The van der Waals surface area contributed by atoms with Crippen molar-refractivity contribution < 1.29 is 19.4 Å². The van der Waals surface area contributed by atoms with Crippen LogP contribution in [0.1, 0.15) is 39.6 Å². The smallest absolute Gasteiger partial charge is 0.343 e. The molecule has 4 heterocycles. The summed E-state index contributed by atoms with van der Waals surface area (Å²) in [5.41, 5.74) is 2.44. The second-order valence-corrected chi connectivity index (χ2v) is 10.7. The van der Waals surface area contributed by atoms with Crippen molar-refractivity contribution in [2.75, 3.05) is 33.4 Å². The topological polar surface area (TPSA) is 76.8 Å². The number of halogens is 1. The third kappa shape index (κ3) is 5.21. The minimum Gasteiger partial charge on any atom is -0.496 e. The van der Waals surface area contributed by atoms with Crippen molar-refractivity contribution in [2.24, 2.45) is 0 Å². The van der Waals surface area contributed by atoms with Crippen molar-refractivity contribution in [3.05, 3.63) is 75.2 Å². The SMILES string of the molecule is COc1cccc(OCCN2CCC(c3cn(Cc4ccc(Cl)s4)c4ncccc34)CC2)c1C(=O)O. The molecular formula is C27H28ClN3O4S. The van der Waals surface area contributed by atoms with Gasteiger partial charge in [0.1, 0.15) is 29.3 Å². The summed E-state index contributed by atoms with van der Waals surface area (Å²) in [5.74, 6) is 0.0545. The minimum absolute atomic E-state index is 0.0635. The molecule has 0 amide bonds. The molecule has 36 heavy (non-hydrogen) atoms. The average Bonchev–Trinajstić information content (AvgIpc) is 3.47. The maximum absolute atomic E-state index is 11.7.